The molecule has 84 valence electrons. The minimum Gasteiger partial charge on any atom is -0.493 e. The van der Waals surface area contributed by atoms with E-state index in [1.165, 1.54) is 4.88 Å². The SMILES string of the molecule is Cc1ncsc1CCOc1ccc(N)cc1. The number of aryl methyl sites for hydroxylation is 1. The van der Waals surface area contributed by atoms with Crippen LogP contribution in [0.15, 0.2) is 29.8 Å². The molecule has 0 bridgehead atoms. The van der Waals surface area contributed by atoms with Gasteiger partial charge in [0.1, 0.15) is 5.75 Å². The zero-order valence-electron chi connectivity index (χ0n) is 9.14. The molecule has 1 aromatic carbocycles. The lowest BCUT2D eigenvalue weighted by Gasteiger charge is -2.05. The molecule has 2 N–H and O–H groups in total. The number of hydrogen-bond donors (Lipinski definition) is 1. The van der Waals surface area contributed by atoms with Crippen LogP contribution in [0.5, 0.6) is 5.75 Å². The molecule has 2 rings (SSSR count). The van der Waals surface area contributed by atoms with Crippen LogP contribution < -0.4 is 10.5 Å². The van der Waals surface area contributed by atoms with Crippen molar-refractivity contribution in [2.75, 3.05) is 12.3 Å². The first-order valence-corrected chi connectivity index (χ1v) is 6.01. The summed E-state index contributed by atoms with van der Waals surface area (Å²) >= 11 is 1.68. The Morgan fingerprint density at radius 2 is 2.06 bits per heavy atom. The minimum atomic E-state index is 0.674. The van der Waals surface area contributed by atoms with E-state index < -0.39 is 0 Å². The van der Waals surface area contributed by atoms with Gasteiger partial charge in [0.25, 0.3) is 0 Å². The summed E-state index contributed by atoms with van der Waals surface area (Å²) in [5.74, 6) is 0.858. The van der Waals surface area contributed by atoms with Crippen molar-refractivity contribution in [3.05, 3.63) is 40.3 Å². The second-order valence-corrected chi connectivity index (χ2v) is 4.47. The number of hydrogen-bond acceptors (Lipinski definition) is 4. The number of benzene rings is 1. The predicted octanol–water partition coefficient (Wildman–Crippen LogP) is 2.66. The van der Waals surface area contributed by atoms with Gasteiger partial charge in [0.15, 0.2) is 0 Å². The zero-order valence-corrected chi connectivity index (χ0v) is 9.96. The summed E-state index contributed by atoms with van der Waals surface area (Å²) in [5, 5.41) is 0. The van der Waals surface area contributed by atoms with Crippen molar-refractivity contribution in [2.24, 2.45) is 0 Å². The van der Waals surface area contributed by atoms with Crippen molar-refractivity contribution >= 4 is 17.0 Å². The van der Waals surface area contributed by atoms with Gasteiger partial charge in [-0.1, -0.05) is 0 Å². The average Bonchev–Trinajstić information content (AvgIpc) is 2.68. The monoisotopic (exact) mass is 234 g/mol. The summed E-state index contributed by atoms with van der Waals surface area (Å²) in [4.78, 5) is 5.49. The summed E-state index contributed by atoms with van der Waals surface area (Å²) in [5.41, 5.74) is 9.32. The Bertz CT molecular complexity index is 450. The fourth-order valence-corrected chi connectivity index (χ4v) is 2.15. The van der Waals surface area contributed by atoms with Crippen LogP contribution in [0.4, 0.5) is 5.69 Å². The largest absolute Gasteiger partial charge is 0.493 e. The van der Waals surface area contributed by atoms with Crippen LogP contribution in [0.1, 0.15) is 10.6 Å². The molecular formula is C12H14N2OS. The van der Waals surface area contributed by atoms with E-state index in [2.05, 4.69) is 4.98 Å². The van der Waals surface area contributed by atoms with Gasteiger partial charge in [-0.3, -0.25) is 0 Å². The lowest BCUT2D eigenvalue weighted by Crippen LogP contribution is -2.01. The van der Waals surface area contributed by atoms with Crippen molar-refractivity contribution in [1.29, 1.82) is 0 Å². The zero-order chi connectivity index (χ0) is 11.4. The van der Waals surface area contributed by atoms with Crippen molar-refractivity contribution in [3.63, 3.8) is 0 Å². The topological polar surface area (TPSA) is 48.1 Å². The molecule has 0 spiro atoms. The Morgan fingerprint density at radius 1 is 1.31 bits per heavy atom. The first-order chi connectivity index (χ1) is 7.75. The number of anilines is 1. The van der Waals surface area contributed by atoms with Crippen LogP contribution in [0.25, 0.3) is 0 Å². The summed E-state index contributed by atoms with van der Waals surface area (Å²) in [6.45, 7) is 2.70. The van der Waals surface area contributed by atoms with E-state index in [1.807, 2.05) is 36.7 Å². The Labute approximate surface area is 98.9 Å². The fourth-order valence-electron chi connectivity index (χ4n) is 1.39. The molecule has 16 heavy (non-hydrogen) atoms. The van der Waals surface area contributed by atoms with Gasteiger partial charge in [0, 0.05) is 17.0 Å². The highest BCUT2D eigenvalue weighted by atomic mass is 32.1. The van der Waals surface area contributed by atoms with E-state index in [-0.39, 0.29) is 0 Å². The molecule has 0 aliphatic carbocycles. The maximum absolute atomic E-state index is 5.61. The van der Waals surface area contributed by atoms with E-state index in [4.69, 9.17) is 10.5 Å². The first kappa shape index (κ1) is 11.0. The summed E-state index contributed by atoms with van der Waals surface area (Å²) in [6.07, 6.45) is 0.904. The van der Waals surface area contributed by atoms with Gasteiger partial charge in [-0.25, -0.2) is 4.98 Å². The number of nitrogen functional groups attached to an aromatic ring is 1. The number of ether oxygens (including phenoxy) is 1. The third kappa shape index (κ3) is 2.73. The molecule has 0 unspecified atom stereocenters. The van der Waals surface area contributed by atoms with Crippen molar-refractivity contribution in [2.45, 2.75) is 13.3 Å². The Kier molecular flexibility index (Phi) is 3.41. The van der Waals surface area contributed by atoms with Crippen LogP contribution in [-0.4, -0.2) is 11.6 Å². The van der Waals surface area contributed by atoms with Gasteiger partial charge < -0.3 is 10.5 Å². The van der Waals surface area contributed by atoms with Gasteiger partial charge in [-0.2, -0.15) is 0 Å². The van der Waals surface area contributed by atoms with Crippen LogP contribution in [0.3, 0.4) is 0 Å². The van der Waals surface area contributed by atoms with Crippen LogP contribution in [0.2, 0.25) is 0 Å². The Hall–Kier alpha value is -1.55. The van der Waals surface area contributed by atoms with E-state index in [0.717, 1.165) is 23.6 Å². The molecule has 0 radical (unpaired) electrons. The van der Waals surface area contributed by atoms with E-state index in [9.17, 15) is 0 Å². The molecule has 0 aliphatic heterocycles. The molecule has 0 fully saturated rings. The average molecular weight is 234 g/mol. The standard InChI is InChI=1S/C12H14N2OS/c1-9-12(16-8-14-9)6-7-15-11-4-2-10(13)3-5-11/h2-5,8H,6-7,13H2,1H3. The maximum Gasteiger partial charge on any atom is 0.119 e. The number of nitrogens with two attached hydrogens (primary N) is 1. The maximum atomic E-state index is 5.61. The number of aromatic nitrogens is 1. The highest BCUT2D eigenvalue weighted by Gasteiger charge is 2.01. The quantitative estimate of drug-likeness (QED) is 0.827. The van der Waals surface area contributed by atoms with E-state index in [0.29, 0.717) is 6.61 Å². The highest BCUT2D eigenvalue weighted by Crippen LogP contribution is 2.16. The molecule has 4 heteroatoms. The lowest BCUT2D eigenvalue weighted by atomic mass is 10.3. The van der Waals surface area contributed by atoms with Gasteiger partial charge >= 0.3 is 0 Å². The predicted molar refractivity (Wildman–Crippen MR) is 66.9 cm³/mol. The summed E-state index contributed by atoms with van der Waals surface area (Å²) in [6, 6.07) is 7.45. The molecular weight excluding hydrogens is 220 g/mol. The molecule has 0 aliphatic rings. The third-order valence-corrected chi connectivity index (χ3v) is 3.32. The van der Waals surface area contributed by atoms with Crippen molar-refractivity contribution < 1.29 is 4.74 Å². The van der Waals surface area contributed by atoms with Crippen LogP contribution in [0, 0.1) is 6.92 Å². The van der Waals surface area contributed by atoms with Gasteiger partial charge in [-0.15, -0.1) is 11.3 Å². The van der Waals surface area contributed by atoms with Crippen molar-refractivity contribution in [3.8, 4) is 5.75 Å². The smallest absolute Gasteiger partial charge is 0.119 e. The fraction of sp³-hybridized carbons (Fsp3) is 0.250. The van der Waals surface area contributed by atoms with Gasteiger partial charge in [0.2, 0.25) is 0 Å². The first-order valence-electron chi connectivity index (χ1n) is 5.13. The Balaban J connectivity index is 1.84. The molecule has 2 aromatic rings. The molecule has 0 atom stereocenters. The van der Waals surface area contributed by atoms with E-state index in [1.54, 1.807) is 11.3 Å². The molecule has 3 nitrogen and oxygen atoms in total. The summed E-state index contributed by atoms with van der Waals surface area (Å²) < 4.78 is 5.61. The third-order valence-electron chi connectivity index (χ3n) is 2.32. The lowest BCUT2D eigenvalue weighted by molar-refractivity contribution is 0.322. The Morgan fingerprint density at radius 3 is 2.69 bits per heavy atom. The number of thiazole rings is 1. The summed E-state index contributed by atoms with van der Waals surface area (Å²) in [7, 11) is 0. The van der Waals surface area contributed by atoms with Crippen LogP contribution in [-0.2, 0) is 6.42 Å². The minimum absolute atomic E-state index is 0.674. The molecule has 0 amide bonds. The van der Waals surface area contributed by atoms with Crippen molar-refractivity contribution in [1.82, 2.24) is 4.98 Å². The second-order valence-electron chi connectivity index (χ2n) is 3.53. The van der Waals surface area contributed by atoms with Gasteiger partial charge in [0.05, 0.1) is 17.8 Å². The molecule has 1 heterocycles. The molecule has 1 aromatic heterocycles. The number of rotatable bonds is 4. The molecule has 0 saturated heterocycles. The van der Waals surface area contributed by atoms with Crippen LogP contribution >= 0.6 is 11.3 Å². The van der Waals surface area contributed by atoms with E-state index >= 15 is 0 Å². The van der Waals surface area contributed by atoms with Gasteiger partial charge in [-0.05, 0) is 31.2 Å². The molecule has 0 saturated carbocycles. The highest BCUT2D eigenvalue weighted by molar-refractivity contribution is 7.09. The second kappa shape index (κ2) is 4.99. The number of nitrogens with zero attached hydrogens (tertiary/aromatic N) is 1. The normalized spacial score (nSPS) is 10.3.